The van der Waals surface area contributed by atoms with E-state index >= 15 is 0 Å². The number of halogens is 1. The molecule has 0 spiro atoms. The van der Waals surface area contributed by atoms with Crippen molar-refractivity contribution < 1.29 is 9.72 Å². The summed E-state index contributed by atoms with van der Waals surface area (Å²) in [5.74, 6) is -0.321. The summed E-state index contributed by atoms with van der Waals surface area (Å²) >= 11 is 2.22. The molecule has 1 amide bonds. The zero-order valence-electron chi connectivity index (χ0n) is 14.5. The van der Waals surface area contributed by atoms with E-state index < -0.39 is 4.92 Å². The quantitative estimate of drug-likeness (QED) is 0.402. The highest BCUT2D eigenvalue weighted by atomic mass is 127. The lowest BCUT2D eigenvalue weighted by Crippen LogP contribution is -2.31. The van der Waals surface area contributed by atoms with Crippen LogP contribution in [-0.2, 0) is 0 Å². The third-order valence-electron chi connectivity index (χ3n) is 4.57. The molecule has 7 heteroatoms. The van der Waals surface area contributed by atoms with Gasteiger partial charge in [-0.3, -0.25) is 14.9 Å². The summed E-state index contributed by atoms with van der Waals surface area (Å²) < 4.78 is 1.09. The number of carbonyl (C=O) groups is 1. The molecule has 1 aliphatic rings. The number of piperidine rings is 1. The van der Waals surface area contributed by atoms with Crippen LogP contribution < -0.4 is 10.2 Å². The summed E-state index contributed by atoms with van der Waals surface area (Å²) in [6, 6.07) is 10.3. The maximum absolute atomic E-state index is 12.9. The van der Waals surface area contributed by atoms with Crippen LogP contribution in [0.4, 0.5) is 17.1 Å². The van der Waals surface area contributed by atoms with Crippen LogP contribution in [0.2, 0.25) is 0 Å². The zero-order chi connectivity index (χ0) is 18.7. The molecule has 0 aliphatic carbocycles. The first-order valence-electron chi connectivity index (χ1n) is 8.56. The molecule has 0 aromatic heterocycles. The van der Waals surface area contributed by atoms with Crippen LogP contribution in [0.25, 0.3) is 0 Å². The van der Waals surface area contributed by atoms with Gasteiger partial charge in [0.25, 0.3) is 11.6 Å². The Morgan fingerprint density at radius 2 is 1.88 bits per heavy atom. The Hall–Kier alpha value is -2.16. The standard InChI is InChI=1S/C19H20IN3O3/c1-13-11-14(20)5-7-17(13)21-19(24)16-12-15(23(25)26)6-8-18(16)22-9-3-2-4-10-22/h5-8,11-12H,2-4,9-10H2,1H3,(H,21,24). The molecular formula is C19H20IN3O3. The Morgan fingerprint density at radius 1 is 1.15 bits per heavy atom. The Kier molecular flexibility index (Phi) is 5.75. The van der Waals surface area contributed by atoms with Gasteiger partial charge in [-0.1, -0.05) is 0 Å². The summed E-state index contributed by atoms with van der Waals surface area (Å²) in [6.07, 6.45) is 3.30. The number of aryl methyl sites for hydroxylation is 1. The molecular weight excluding hydrogens is 445 g/mol. The maximum atomic E-state index is 12.9. The number of rotatable bonds is 4. The first kappa shape index (κ1) is 18.6. The third kappa shape index (κ3) is 4.14. The number of anilines is 2. The van der Waals surface area contributed by atoms with E-state index in [1.54, 1.807) is 6.07 Å². The third-order valence-corrected chi connectivity index (χ3v) is 5.24. The minimum atomic E-state index is -0.465. The van der Waals surface area contributed by atoms with Crippen molar-refractivity contribution in [2.45, 2.75) is 26.2 Å². The molecule has 2 aromatic rings. The number of carbonyl (C=O) groups excluding carboxylic acids is 1. The smallest absolute Gasteiger partial charge is 0.270 e. The number of benzene rings is 2. The molecule has 1 aliphatic heterocycles. The van der Waals surface area contributed by atoms with Crippen molar-refractivity contribution in [1.82, 2.24) is 0 Å². The highest BCUT2D eigenvalue weighted by Crippen LogP contribution is 2.29. The monoisotopic (exact) mass is 465 g/mol. The highest BCUT2D eigenvalue weighted by Gasteiger charge is 2.22. The van der Waals surface area contributed by atoms with Gasteiger partial charge in [0.2, 0.25) is 0 Å². The Labute approximate surface area is 165 Å². The van der Waals surface area contributed by atoms with Crippen LogP contribution in [0.3, 0.4) is 0 Å². The molecule has 1 fully saturated rings. The van der Waals surface area contributed by atoms with Crippen LogP contribution in [0.5, 0.6) is 0 Å². The lowest BCUT2D eigenvalue weighted by atomic mass is 10.1. The summed E-state index contributed by atoms with van der Waals surface area (Å²) in [6.45, 7) is 3.65. The van der Waals surface area contributed by atoms with Crippen LogP contribution in [0.15, 0.2) is 36.4 Å². The number of amides is 1. The average molecular weight is 465 g/mol. The van der Waals surface area contributed by atoms with Gasteiger partial charge in [-0.05, 0) is 78.6 Å². The van der Waals surface area contributed by atoms with Crippen molar-refractivity contribution in [3.63, 3.8) is 0 Å². The summed E-state index contributed by atoms with van der Waals surface area (Å²) in [5.41, 5.74) is 2.70. The van der Waals surface area contributed by atoms with E-state index in [0.29, 0.717) is 11.3 Å². The maximum Gasteiger partial charge on any atom is 0.270 e. The molecule has 136 valence electrons. The van der Waals surface area contributed by atoms with Gasteiger partial charge in [0, 0.05) is 34.5 Å². The van der Waals surface area contributed by atoms with Crippen molar-refractivity contribution in [2.75, 3.05) is 23.3 Å². The number of nitro benzene ring substituents is 1. The molecule has 1 saturated heterocycles. The summed E-state index contributed by atoms with van der Waals surface area (Å²) in [7, 11) is 0. The number of hydrogen-bond acceptors (Lipinski definition) is 4. The molecule has 6 nitrogen and oxygen atoms in total. The largest absolute Gasteiger partial charge is 0.371 e. The normalized spacial score (nSPS) is 14.2. The van der Waals surface area contributed by atoms with Gasteiger partial charge in [0.05, 0.1) is 16.2 Å². The Bertz CT molecular complexity index is 848. The summed E-state index contributed by atoms with van der Waals surface area (Å²) in [5, 5.41) is 14.1. The number of nitrogens with one attached hydrogen (secondary N) is 1. The van der Waals surface area contributed by atoms with Gasteiger partial charge < -0.3 is 10.2 Å². The molecule has 1 N–H and O–H groups in total. The Balaban J connectivity index is 1.95. The number of nitrogens with zero attached hydrogens (tertiary/aromatic N) is 2. The van der Waals surface area contributed by atoms with Crippen molar-refractivity contribution in [1.29, 1.82) is 0 Å². The van der Waals surface area contributed by atoms with Gasteiger partial charge >= 0.3 is 0 Å². The van der Waals surface area contributed by atoms with Crippen molar-refractivity contribution in [2.24, 2.45) is 0 Å². The second-order valence-corrected chi connectivity index (χ2v) is 7.67. The fraction of sp³-hybridized carbons (Fsp3) is 0.316. The molecule has 3 rings (SSSR count). The predicted octanol–water partition coefficient (Wildman–Crippen LogP) is 4.75. The molecule has 2 aromatic carbocycles. The molecule has 0 unspecified atom stereocenters. The number of hydrogen-bond donors (Lipinski definition) is 1. The van der Waals surface area contributed by atoms with Crippen molar-refractivity contribution >= 4 is 45.6 Å². The second kappa shape index (κ2) is 8.03. The van der Waals surface area contributed by atoms with Gasteiger partial charge in [0.15, 0.2) is 0 Å². The van der Waals surface area contributed by atoms with Gasteiger partial charge in [-0.15, -0.1) is 0 Å². The number of non-ortho nitro benzene ring substituents is 1. The van der Waals surface area contributed by atoms with Gasteiger partial charge in [-0.2, -0.15) is 0 Å². The SMILES string of the molecule is Cc1cc(I)ccc1NC(=O)c1cc([N+](=O)[O-])ccc1N1CCCCC1. The summed E-state index contributed by atoms with van der Waals surface area (Å²) in [4.78, 5) is 25.8. The van der Waals surface area contributed by atoms with E-state index in [9.17, 15) is 14.9 Å². The van der Waals surface area contributed by atoms with Gasteiger partial charge in [-0.25, -0.2) is 0 Å². The van der Waals surface area contributed by atoms with E-state index in [4.69, 9.17) is 0 Å². The van der Waals surface area contributed by atoms with Crippen LogP contribution in [0, 0.1) is 20.6 Å². The van der Waals surface area contributed by atoms with Crippen LogP contribution in [0.1, 0.15) is 35.2 Å². The van der Waals surface area contributed by atoms with E-state index in [1.807, 2.05) is 25.1 Å². The van der Waals surface area contributed by atoms with Crippen molar-refractivity contribution in [3.05, 3.63) is 61.2 Å². The average Bonchev–Trinajstić information content (AvgIpc) is 2.64. The fourth-order valence-corrected chi connectivity index (χ4v) is 3.83. The first-order chi connectivity index (χ1) is 12.5. The predicted molar refractivity (Wildman–Crippen MR) is 111 cm³/mol. The van der Waals surface area contributed by atoms with Crippen LogP contribution >= 0.6 is 22.6 Å². The van der Waals surface area contributed by atoms with E-state index in [-0.39, 0.29) is 11.6 Å². The lowest BCUT2D eigenvalue weighted by molar-refractivity contribution is -0.384. The second-order valence-electron chi connectivity index (χ2n) is 6.42. The minimum absolute atomic E-state index is 0.0739. The van der Waals surface area contributed by atoms with Gasteiger partial charge in [0.1, 0.15) is 0 Å². The van der Waals surface area contributed by atoms with E-state index in [1.165, 1.54) is 18.6 Å². The topological polar surface area (TPSA) is 75.5 Å². The first-order valence-corrected chi connectivity index (χ1v) is 9.64. The van der Waals surface area contributed by atoms with E-state index in [2.05, 4.69) is 32.8 Å². The molecule has 0 saturated carbocycles. The minimum Gasteiger partial charge on any atom is -0.371 e. The van der Waals surface area contributed by atoms with E-state index in [0.717, 1.165) is 40.8 Å². The Morgan fingerprint density at radius 3 is 2.54 bits per heavy atom. The molecule has 0 atom stereocenters. The highest BCUT2D eigenvalue weighted by molar-refractivity contribution is 14.1. The molecule has 1 heterocycles. The van der Waals surface area contributed by atoms with Crippen LogP contribution in [-0.4, -0.2) is 23.9 Å². The number of nitro groups is 1. The molecule has 0 bridgehead atoms. The molecule has 26 heavy (non-hydrogen) atoms. The fourth-order valence-electron chi connectivity index (χ4n) is 3.19. The van der Waals surface area contributed by atoms with Crippen molar-refractivity contribution in [3.8, 4) is 0 Å². The molecule has 0 radical (unpaired) electrons. The lowest BCUT2D eigenvalue weighted by Gasteiger charge is -2.30. The zero-order valence-corrected chi connectivity index (χ0v) is 16.7.